The van der Waals surface area contributed by atoms with Crippen molar-refractivity contribution in [1.29, 1.82) is 0 Å². The average Bonchev–Trinajstić information content (AvgIpc) is 3.82. The molecule has 4 aromatic carbocycles. The maximum atomic E-state index is 13.0. The van der Waals surface area contributed by atoms with Gasteiger partial charge in [0.2, 0.25) is 0 Å². The zero-order valence-electron chi connectivity index (χ0n) is 40.5. The zero-order valence-corrected chi connectivity index (χ0v) is 46.6. The maximum Gasteiger partial charge on any atom is 1.00 e. The number of alkyl halides is 1. The van der Waals surface area contributed by atoms with Crippen LogP contribution >= 0.6 is 11.6 Å². The molecular formula is C53H69ClF2IKN6O4. The third kappa shape index (κ3) is 15.2. The fourth-order valence-electron chi connectivity index (χ4n) is 10.2. The van der Waals surface area contributed by atoms with Gasteiger partial charge in [0, 0.05) is 85.6 Å². The molecule has 4 N–H and O–H groups in total. The van der Waals surface area contributed by atoms with E-state index in [1.807, 2.05) is 21.1 Å². The van der Waals surface area contributed by atoms with Crippen LogP contribution in [0.5, 0.6) is 0 Å². The van der Waals surface area contributed by atoms with Gasteiger partial charge in [-0.3, -0.25) is 14.4 Å². The van der Waals surface area contributed by atoms with Crippen molar-refractivity contribution in [3.05, 3.63) is 130 Å². The van der Waals surface area contributed by atoms with Gasteiger partial charge in [0.1, 0.15) is 11.6 Å². The maximum absolute atomic E-state index is 13.0. The Bertz CT molecular complexity index is 2220. The standard InChI is InChI=1S/C24H25FN2O2.C14H16N2O.C10H12ClFO.C3H9N.C2H7N.HI.K/c25-18-8-6-16(7-9-18)23(29)5-2-11-26-12-10-22-21(15-26)20-4-1-3-17-13-19(28)14-27(22)24(17)20;17-10-6-9-2-1-3-11-12-7-15-5-4-13(12)16(8-10)14(9)11;11-7-1-2-10(13)8-3-5-9(12)6-4-8;1-3-4-2;1-3-2;;/h1,3-4,6-9,21-22H,2,5,10-15H2;1-3,12-13,15H,4-8H2;3-6,10,13H,1-2,7H2;4H,3H2,1-2H3;3H,1-2H3;1H;/q;;;;;;+1/p-1/t21-,22-;12-,13-;;;;;/m00...../s1. The molecule has 10 rings (SSSR count). The summed E-state index contributed by atoms with van der Waals surface area (Å²) in [4.78, 5) is 43.5. The molecule has 0 spiro atoms. The molecule has 6 aliphatic heterocycles. The topological polar surface area (TPSA) is 117 Å². The number of nitrogens with one attached hydrogen (secondary N) is 3. The molecule has 0 radical (unpaired) electrons. The van der Waals surface area contributed by atoms with Gasteiger partial charge in [0.25, 0.3) is 0 Å². The molecule has 2 saturated heterocycles. The van der Waals surface area contributed by atoms with Crippen LogP contribution in [0.1, 0.15) is 102 Å². The summed E-state index contributed by atoms with van der Waals surface area (Å²) < 4.78 is 25.5. The predicted octanol–water partition coefficient (Wildman–Crippen LogP) is 1.62. The number of hydrogen-bond donors (Lipinski definition) is 4. The second kappa shape index (κ2) is 29.4. The third-order valence-electron chi connectivity index (χ3n) is 13.3. The average molecular weight is 1090 g/mol. The number of halogens is 4. The molecule has 10 nitrogen and oxygen atoms in total. The molecule has 68 heavy (non-hydrogen) atoms. The van der Waals surface area contributed by atoms with E-state index in [9.17, 15) is 28.3 Å². The van der Waals surface area contributed by atoms with E-state index in [-0.39, 0.29) is 92.8 Å². The second-order valence-corrected chi connectivity index (χ2v) is 18.3. The van der Waals surface area contributed by atoms with Gasteiger partial charge in [0.05, 0.1) is 19.2 Å². The number of Topliss-reactive ketones (excluding diaryl/α,β-unsaturated/α-hetero) is 3. The molecule has 364 valence electrons. The molecule has 0 amide bonds. The monoisotopic (exact) mass is 1090 g/mol. The first-order valence-corrected chi connectivity index (χ1v) is 24.3. The first kappa shape index (κ1) is 58.4. The van der Waals surface area contributed by atoms with Crippen LogP contribution in [0.4, 0.5) is 20.2 Å². The largest absolute Gasteiger partial charge is 1.00 e. The van der Waals surface area contributed by atoms with Crippen molar-refractivity contribution in [2.75, 3.05) is 89.2 Å². The number of carbonyl (C=O) groups is 3. The van der Waals surface area contributed by atoms with Crippen molar-refractivity contribution in [2.45, 2.75) is 88.3 Å². The van der Waals surface area contributed by atoms with E-state index in [0.717, 1.165) is 70.5 Å². The van der Waals surface area contributed by atoms with E-state index in [4.69, 9.17) is 11.6 Å². The SMILES string of the molecule is CCNC.CNC.O=C1Cc2cccc3c2N(C1)[C@H]1CCN(CCCC(=O)c2ccc(F)cc2)C[C@@H]31.O=C1Cc2cccc3c2N(C1)[C@H]1CCNC[C@@H]31.OC(CCCCl)c1ccc(F)cc1.[I-].[K+]. The number of ketones is 3. The fourth-order valence-corrected chi connectivity index (χ4v) is 10.4. The number of para-hydroxylation sites is 2. The number of fused-ring (bicyclic) bond motifs is 6. The Hall–Kier alpha value is -2.19. The normalized spacial score (nSPS) is 20.5. The Labute approximate surface area is 467 Å². The van der Waals surface area contributed by atoms with E-state index in [1.54, 1.807) is 24.3 Å². The number of nitrogens with zero attached hydrogens (tertiary/aromatic N) is 3. The van der Waals surface area contributed by atoms with E-state index >= 15 is 0 Å². The van der Waals surface area contributed by atoms with Crippen LogP contribution in [0.2, 0.25) is 0 Å². The number of benzene rings is 4. The first-order chi connectivity index (χ1) is 32.0. The minimum absolute atomic E-state index is 0. The van der Waals surface area contributed by atoms with Gasteiger partial charge < -0.3 is 59.7 Å². The number of hydrogen-bond acceptors (Lipinski definition) is 10. The van der Waals surface area contributed by atoms with E-state index in [0.29, 0.717) is 85.7 Å². The van der Waals surface area contributed by atoms with Gasteiger partial charge >= 0.3 is 51.4 Å². The van der Waals surface area contributed by atoms with Gasteiger partial charge in [0.15, 0.2) is 17.3 Å². The molecule has 6 aliphatic rings. The van der Waals surface area contributed by atoms with Crippen molar-refractivity contribution in [1.82, 2.24) is 20.9 Å². The Kier molecular flexibility index (Phi) is 25.2. The molecule has 1 unspecified atom stereocenters. The van der Waals surface area contributed by atoms with Crippen molar-refractivity contribution >= 4 is 40.3 Å². The molecule has 6 heterocycles. The molecule has 2 fully saturated rings. The summed E-state index contributed by atoms with van der Waals surface area (Å²) in [6.45, 7) is 9.34. The van der Waals surface area contributed by atoms with E-state index < -0.39 is 6.10 Å². The predicted molar refractivity (Wildman–Crippen MR) is 262 cm³/mol. The number of anilines is 2. The Morgan fingerprint density at radius 1 is 0.809 bits per heavy atom. The fraction of sp³-hybridized carbons (Fsp3) is 0.491. The number of aliphatic hydroxyl groups excluding tert-OH is 1. The summed E-state index contributed by atoms with van der Waals surface area (Å²) in [5.74, 6) is 1.73. The second-order valence-electron chi connectivity index (χ2n) is 18.0. The Morgan fingerprint density at radius 3 is 1.88 bits per heavy atom. The molecule has 0 bridgehead atoms. The van der Waals surface area contributed by atoms with Gasteiger partial charge in [-0.1, -0.05) is 55.5 Å². The van der Waals surface area contributed by atoms with Crippen LogP contribution in [-0.4, -0.2) is 119 Å². The number of piperidine rings is 2. The third-order valence-corrected chi connectivity index (χ3v) is 13.6. The van der Waals surface area contributed by atoms with Gasteiger partial charge in [-0.25, -0.2) is 8.78 Å². The molecule has 15 heteroatoms. The Balaban J connectivity index is 0.000000220. The van der Waals surface area contributed by atoms with Crippen LogP contribution in [-0.2, 0) is 22.4 Å². The van der Waals surface area contributed by atoms with Crippen molar-refractivity contribution in [2.24, 2.45) is 0 Å². The zero-order chi connectivity index (χ0) is 47.2. The van der Waals surface area contributed by atoms with Gasteiger partial charge in [-0.05, 0) is 137 Å². The smallest absolute Gasteiger partial charge is 1.00 e. The summed E-state index contributed by atoms with van der Waals surface area (Å²) in [5, 5.41) is 18.7. The number of carbonyl (C=O) groups excluding carboxylic acids is 3. The van der Waals surface area contributed by atoms with Crippen LogP contribution in [0.25, 0.3) is 0 Å². The molecule has 0 aromatic heterocycles. The molecule has 4 aromatic rings. The minimum atomic E-state index is -0.528. The summed E-state index contributed by atoms with van der Waals surface area (Å²) in [5.41, 5.74) is 9.31. The van der Waals surface area contributed by atoms with Crippen molar-refractivity contribution in [3.63, 3.8) is 0 Å². The van der Waals surface area contributed by atoms with Gasteiger partial charge in [-0.15, -0.1) is 11.6 Å². The van der Waals surface area contributed by atoms with Gasteiger partial charge in [-0.2, -0.15) is 0 Å². The van der Waals surface area contributed by atoms with Crippen LogP contribution in [0, 0.1) is 11.6 Å². The molecule has 0 saturated carbocycles. The summed E-state index contributed by atoms with van der Waals surface area (Å²) in [7, 11) is 5.68. The minimum Gasteiger partial charge on any atom is -1.00 e. The van der Waals surface area contributed by atoms with Crippen molar-refractivity contribution < 1.29 is 104 Å². The molecular weight excluding hydrogens is 1020 g/mol. The van der Waals surface area contributed by atoms with Crippen LogP contribution in [0.3, 0.4) is 0 Å². The molecule has 5 atom stereocenters. The Morgan fingerprint density at radius 2 is 1.34 bits per heavy atom. The van der Waals surface area contributed by atoms with E-state index in [2.05, 4.69) is 74.0 Å². The summed E-state index contributed by atoms with van der Waals surface area (Å²) in [6.07, 6.45) is 5.56. The summed E-state index contributed by atoms with van der Waals surface area (Å²) >= 11 is 5.49. The first-order valence-electron chi connectivity index (χ1n) is 23.8. The van der Waals surface area contributed by atoms with E-state index in [1.165, 1.54) is 57.9 Å². The van der Waals surface area contributed by atoms with Crippen LogP contribution < -0.4 is 101 Å². The molecule has 0 aliphatic carbocycles. The number of rotatable bonds is 10. The summed E-state index contributed by atoms with van der Waals surface area (Å²) in [6, 6.07) is 25.6. The number of likely N-dealkylation sites (tertiary alicyclic amines) is 1. The number of aliphatic hydroxyl groups is 1. The van der Waals surface area contributed by atoms with Crippen LogP contribution in [0.15, 0.2) is 84.9 Å². The quantitative estimate of drug-likeness (QED) is 0.0810. The van der Waals surface area contributed by atoms with Crippen molar-refractivity contribution in [3.8, 4) is 0 Å².